The number of pyridine rings is 1. The van der Waals surface area contributed by atoms with Crippen LogP contribution in [0.5, 0.6) is 5.75 Å². The molecule has 1 fully saturated rings. The van der Waals surface area contributed by atoms with Crippen LogP contribution in [-0.2, 0) is 0 Å². The van der Waals surface area contributed by atoms with Crippen molar-refractivity contribution in [3.63, 3.8) is 0 Å². The molecule has 1 saturated heterocycles. The van der Waals surface area contributed by atoms with Crippen LogP contribution in [-0.4, -0.2) is 53.9 Å². The summed E-state index contributed by atoms with van der Waals surface area (Å²) in [5.74, 6) is 1.72. The monoisotopic (exact) mass is 345 g/mol. The molecule has 0 amide bonds. The Balaban J connectivity index is 1.35. The molecule has 2 atom stereocenters. The molecule has 0 saturated carbocycles. The molecule has 134 valence electrons. The van der Waals surface area contributed by atoms with E-state index < -0.39 is 6.10 Å². The number of ether oxygens (including phenoxy) is 1. The Kier molecular flexibility index (Phi) is 6.19. The summed E-state index contributed by atoms with van der Waals surface area (Å²) in [6.07, 6.45) is 2.32. The smallest absolute Gasteiger partial charge is 0.125 e. The highest BCUT2D eigenvalue weighted by molar-refractivity contribution is 5.33. The number of β-amino-alcohol motifs (C(OH)–C–C–N with tert-alkyl or cyclic N) is 1. The van der Waals surface area contributed by atoms with Gasteiger partial charge in [-0.05, 0) is 55.3 Å². The zero-order chi connectivity index (χ0) is 17.5. The minimum absolute atomic E-state index is 0.207. The van der Waals surface area contributed by atoms with Gasteiger partial charge in [0.1, 0.15) is 30.1 Å². The number of hydrogen-bond donors (Lipinski definition) is 2. The summed E-state index contributed by atoms with van der Waals surface area (Å²) in [5, 5.41) is 13.5. The average molecular weight is 345 g/mol. The molecule has 1 aliphatic rings. The van der Waals surface area contributed by atoms with Crippen LogP contribution in [0.1, 0.15) is 6.42 Å². The van der Waals surface area contributed by atoms with Gasteiger partial charge in [-0.3, -0.25) is 0 Å². The second-order valence-electron chi connectivity index (χ2n) is 6.43. The van der Waals surface area contributed by atoms with Gasteiger partial charge in [0.25, 0.3) is 0 Å². The molecule has 1 aromatic heterocycles. The summed E-state index contributed by atoms with van der Waals surface area (Å²) in [5.41, 5.74) is 0. The van der Waals surface area contributed by atoms with E-state index in [-0.39, 0.29) is 12.4 Å². The fourth-order valence-electron chi connectivity index (χ4n) is 3.04. The molecule has 6 heteroatoms. The predicted molar refractivity (Wildman–Crippen MR) is 95.2 cm³/mol. The predicted octanol–water partition coefficient (Wildman–Crippen LogP) is 2.39. The van der Waals surface area contributed by atoms with E-state index in [1.807, 2.05) is 18.2 Å². The molecular weight excluding hydrogens is 321 g/mol. The van der Waals surface area contributed by atoms with Crippen LogP contribution in [0, 0.1) is 11.7 Å². The number of benzene rings is 1. The van der Waals surface area contributed by atoms with E-state index in [1.165, 1.54) is 12.1 Å². The number of aromatic nitrogens is 1. The number of nitrogens with one attached hydrogen (secondary N) is 1. The molecule has 0 radical (unpaired) electrons. The van der Waals surface area contributed by atoms with Crippen LogP contribution in [0.3, 0.4) is 0 Å². The summed E-state index contributed by atoms with van der Waals surface area (Å²) in [6.45, 7) is 3.60. The van der Waals surface area contributed by atoms with E-state index in [0.29, 0.717) is 18.2 Å². The lowest BCUT2D eigenvalue weighted by atomic mass is 10.1. The second-order valence-corrected chi connectivity index (χ2v) is 6.43. The lowest BCUT2D eigenvalue weighted by Crippen LogP contribution is -2.34. The molecule has 0 bridgehead atoms. The van der Waals surface area contributed by atoms with Gasteiger partial charge >= 0.3 is 0 Å². The molecule has 2 N–H and O–H groups in total. The van der Waals surface area contributed by atoms with E-state index in [2.05, 4.69) is 15.2 Å². The largest absolute Gasteiger partial charge is 0.491 e. The summed E-state index contributed by atoms with van der Waals surface area (Å²) < 4.78 is 18.3. The Labute approximate surface area is 147 Å². The van der Waals surface area contributed by atoms with Crippen molar-refractivity contribution in [2.24, 2.45) is 5.92 Å². The molecule has 25 heavy (non-hydrogen) atoms. The fourth-order valence-corrected chi connectivity index (χ4v) is 3.04. The fraction of sp³-hybridized carbons (Fsp3) is 0.421. The lowest BCUT2D eigenvalue weighted by molar-refractivity contribution is 0.0748. The Bertz CT molecular complexity index is 639. The topological polar surface area (TPSA) is 57.6 Å². The summed E-state index contributed by atoms with van der Waals surface area (Å²) in [6, 6.07) is 11.7. The van der Waals surface area contributed by atoms with Gasteiger partial charge in [-0.25, -0.2) is 9.37 Å². The van der Waals surface area contributed by atoms with Gasteiger partial charge in [0.05, 0.1) is 0 Å². The van der Waals surface area contributed by atoms with Gasteiger partial charge in [0.2, 0.25) is 0 Å². The van der Waals surface area contributed by atoms with Crippen molar-refractivity contribution in [1.29, 1.82) is 0 Å². The minimum Gasteiger partial charge on any atom is -0.491 e. The van der Waals surface area contributed by atoms with Gasteiger partial charge < -0.3 is 20.1 Å². The highest BCUT2D eigenvalue weighted by Crippen LogP contribution is 2.17. The van der Waals surface area contributed by atoms with Gasteiger partial charge in [-0.1, -0.05) is 6.07 Å². The third-order valence-corrected chi connectivity index (χ3v) is 4.33. The Morgan fingerprint density at radius 1 is 1.28 bits per heavy atom. The van der Waals surface area contributed by atoms with Gasteiger partial charge in [0, 0.05) is 25.8 Å². The molecule has 1 aliphatic heterocycles. The first-order valence-electron chi connectivity index (χ1n) is 8.63. The van der Waals surface area contributed by atoms with E-state index in [9.17, 15) is 9.50 Å². The van der Waals surface area contributed by atoms with Crippen LogP contribution >= 0.6 is 0 Å². The van der Waals surface area contributed by atoms with E-state index in [1.54, 1.807) is 18.3 Å². The standard InChI is InChI=1S/C19H24FN3O2/c20-16-4-6-18(7-5-16)25-14-17(24)13-23-10-8-15(12-23)11-22-19-3-1-2-9-21-19/h1-7,9,15,17,24H,8,10-14H2,(H,21,22). The summed E-state index contributed by atoms with van der Waals surface area (Å²) in [7, 11) is 0. The Morgan fingerprint density at radius 3 is 2.88 bits per heavy atom. The zero-order valence-electron chi connectivity index (χ0n) is 14.1. The van der Waals surface area contributed by atoms with Crippen LogP contribution in [0.25, 0.3) is 0 Å². The maximum atomic E-state index is 12.8. The average Bonchev–Trinajstić information content (AvgIpc) is 3.08. The van der Waals surface area contributed by atoms with Crippen molar-refractivity contribution in [2.45, 2.75) is 12.5 Å². The number of aliphatic hydroxyl groups excluding tert-OH is 1. The normalized spacial score (nSPS) is 18.9. The first kappa shape index (κ1) is 17.6. The van der Waals surface area contributed by atoms with Crippen molar-refractivity contribution in [2.75, 3.05) is 38.1 Å². The third-order valence-electron chi connectivity index (χ3n) is 4.33. The molecule has 0 spiro atoms. The number of halogens is 1. The maximum absolute atomic E-state index is 12.8. The summed E-state index contributed by atoms with van der Waals surface area (Å²) in [4.78, 5) is 6.51. The van der Waals surface area contributed by atoms with Crippen molar-refractivity contribution in [3.05, 3.63) is 54.5 Å². The molecule has 3 rings (SSSR count). The quantitative estimate of drug-likeness (QED) is 0.769. The number of aliphatic hydroxyl groups is 1. The van der Waals surface area contributed by atoms with Gasteiger partial charge in [-0.2, -0.15) is 0 Å². The van der Waals surface area contributed by atoms with Crippen LogP contribution < -0.4 is 10.1 Å². The highest BCUT2D eigenvalue weighted by atomic mass is 19.1. The molecule has 0 aliphatic carbocycles. The number of likely N-dealkylation sites (tertiary alicyclic amines) is 1. The molecule has 2 heterocycles. The Hall–Kier alpha value is -2.18. The van der Waals surface area contributed by atoms with Crippen molar-refractivity contribution in [1.82, 2.24) is 9.88 Å². The SMILES string of the molecule is OC(COc1ccc(F)cc1)CN1CCC(CNc2ccccn2)C1. The summed E-state index contributed by atoms with van der Waals surface area (Å²) >= 11 is 0. The van der Waals surface area contributed by atoms with Gasteiger partial charge in [0.15, 0.2) is 0 Å². The lowest BCUT2D eigenvalue weighted by Gasteiger charge is -2.20. The molecule has 5 nitrogen and oxygen atoms in total. The van der Waals surface area contributed by atoms with Crippen molar-refractivity contribution in [3.8, 4) is 5.75 Å². The number of hydrogen-bond acceptors (Lipinski definition) is 5. The van der Waals surface area contributed by atoms with Crippen LogP contribution in [0.15, 0.2) is 48.7 Å². The van der Waals surface area contributed by atoms with E-state index in [0.717, 1.165) is 31.9 Å². The van der Waals surface area contributed by atoms with Crippen molar-refractivity contribution < 1.29 is 14.2 Å². The highest BCUT2D eigenvalue weighted by Gasteiger charge is 2.24. The van der Waals surface area contributed by atoms with Crippen LogP contribution in [0.2, 0.25) is 0 Å². The molecule has 1 aromatic carbocycles. The van der Waals surface area contributed by atoms with Crippen LogP contribution in [0.4, 0.5) is 10.2 Å². The first-order chi connectivity index (χ1) is 12.2. The second kappa shape index (κ2) is 8.78. The number of rotatable bonds is 8. The first-order valence-corrected chi connectivity index (χ1v) is 8.63. The molecule has 2 aromatic rings. The number of anilines is 1. The maximum Gasteiger partial charge on any atom is 0.125 e. The molecular formula is C19H24FN3O2. The third kappa shape index (κ3) is 5.69. The van der Waals surface area contributed by atoms with Crippen molar-refractivity contribution >= 4 is 5.82 Å². The zero-order valence-corrected chi connectivity index (χ0v) is 14.1. The molecule has 2 unspecified atom stereocenters. The minimum atomic E-state index is -0.562. The Morgan fingerprint density at radius 2 is 2.12 bits per heavy atom. The van der Waals surface area contributed by atoms with E-state index in [4.69, 9.17) is 4.74 Å². The van der Waals surface area contributed by atoms with Gasteiger partial charge in [-0.15, -0.1) is 0 Å². The number of nitrogens with zero attached hydrogens (tertiary/aromatic N) is 2. The van der Waals surface area contributed by atoms with E-state index >= 15 is 0 Å².